The molecular formula is C20H31ClN2O. The first-order valence-electron chi connectivity index (χ1n) is 8.93. The highest BCUT2D eigenvalue weighted by Crippen LogP contribution is 2.59. The molecule has 1 aromatic rings. The molecule has 2 fully saturated rings. The lowest BCUT2D eigenvalue weighted by Crippen LogP contribution is -2.40. The van der Waals surface area contributed by atoms with Gasteiger partial charge in [0.05, 0.1) is 0 Å². The summed E-state index contributed by atoms with van der Waals surface area (Å²) < 4.78 is 0. The molecule has 1 aliphatic heterocycles. The van der Waals surface area contributed by atoms with Gasteiger partial charge in [-0.3, -0.25) is 4.79 Å². The van der Waals surface area contributed by atoms with Crippen LogP contribution in [0.3, 0.4) is 0 Å². The minimum absolute atomic E-state index is 0. The van der Waals surface area contributed by atoms with E-state index >= 15 is 0 Å². The second kappa shape index (κ2) is 7.45. The first-order valence-corrected chi connectivity index (χ1v) is 8.93. The normalized spacial score (nSPS) is 21.9. The molecule has 1 aliphatic carbocycles. The molecule has 134 valence electrons. The maximum atomic E-state index is 13.2. The number of benzene rings is 1. The third kappa shape index (κ3) is 4.52. The summed E-state index contributed by atoms with van der Waals surface area (Å²) in [5, 5.41) is 3.42. The van der Waals surface area contributed by atoms with Gasteiger partial charge in [-0.1, -0.05) is 51.1 Å². The lowest BCUT2D eigenvalue weighted by atomic mass is 9.91. The number of hydrogen-bond donors (Lipinski definition) is 1. The number of carbonyl (C=O) groups is 1. The first kappa shape index (κ1) is 19.3. The zero-order valence-corrected chi connectivity index (χ0v) is 16.0. The summed E-state index contributed by atoms with van der Waals surface area (Å²) in [5.74, 6) is 0.640. The van der Waals surface area contributed by atoms with Crippen LogP contribution in [0.1, 0.15) is 45.6 Å². The molecule has 0 aromatic heterocycles. The summed E-state index contributed by atoms with van der Waals surface area (Å²) in [6.45, 7) is 10.3. The van der Waals surface area contributed by atoms with Crippen LogP contribution in [0.2, 0.25) is 0 Å². The van der Waals surface area contributed by atoms with E-state index in [2.05, 4.69) is 55.3 Å². The number of nitrogens with zero attached hydrogens (tertiary/aromatic N) is 1. The van der Waals surface area contributed by atoms with Crippen LogP contribution in [-0.2, 0) is 11.3 Å². The highest BCUT2D eigenvalue weighted by Gasteiger charge is 2.58. The Bertz CT molecular complexity index is 547. The SMILES string of the molecule is CC(C)(C)CN(Cc1ccccc1)C(=O)C1CC12CCNCC2.Cl. The number of piperidine rings is 1. The van der Waals surface area contributed by atoms with Gasteiger partial charge in [0, 0.05) is 19.0 Å². The lowest BCUT2D eigenvalue weighted by Gasteiger charge is -2.32. The highest BCUT2D eigenvalue weighted by molar-refractivity contribution is 5.85. The van der Waals surface area contributed by atoms with Crippen molar-refractivity contribution in [3.05, 3.63) is 35.9 Å². The molecule has 1 unspecified atom stereocenters. The van der Waals surface area contributed by atoms with Gasteiger partial charge in [0.15, 0.2) is 0 Å². The van der Waals surface area contributed by atoms with Gasteiger partial charge in [-0.25, -0.2) is 0 Å². The number of carbonyl (C=O) groups excluding carboxylic acids is 1. The highest BCUT2D eigenvalue weighted by atomic mass is 35.5. The Morgan fingerprint density at radius 2 is 1.83 bits per heavy atom. The van der Waals surface area contributed by atoms with Gasteiger partial charge in [0.1, 0.15) is 0 Å². The Morgan fingerprint density at radius 1 is 1.21 bits per heavy atom. The van der Waals surface area contributed by atoms with E-state index in [0.29, 0.717) is 11.3 Å². The summed E-state index contributed by atoms with van der Waals surface area (Å²) in [6, 6.07) is 10.4. The summed E-state index contributed by atoms with van der Waals surface area (Å²) in [6.07, 6.45) is 3.43. The third-order valence-corrected chi connectivity index (χ3v) is 5.28. The molecule has 3 rings (SSSR count). The largest absolute Gasteiger partial charge is 0.338 e. The van der Waals surface area contributed by atoms with Gasteiger partial charge in [-0.15, -0.1) is 12.4 Å². The second-order valence-corrected chi connectivity index (χ2v) is 8.61. The lowest BCUT2D eigenvalue weighted by molar-refractivity contribution is -0.135. The Morgan fingerprint density at radius 3 is 2.42 bits per heavy atom. The molecular weight excluding hydrogens is 320 g/mol. The zero-order chi connectivity index (χ0) is 16.5. The van der Waals surface area contributed by atoms with Crippen LogP contribution in [0.5, 0.6) is 0 Å². The van der Waals surface area contributed by atoms with Crippen LogP contribution < -0.4 is 5.32 Å². The standard InChI is InChI=1S/C20H30N2O.ClH/c1-19(2,3)15-22(14-16-7-5-4-6-8-16)18(23)17-13-20(17)9-11-21-12-10-20;/h4-8,17,21H,9-15H2,1-3H3;1H. The van der Waals surface area contributed by atoms with Crippen molar-refractivity contribution in [2.24, 2.45) is 16.7 Å². The van der Waals surface area contributed by atoms with Crippen molar-refractivity contribution in [2.45, 2.75) is 46.6 Å². The fourth-order valence-corrected chi connectivity index (χ4v) is 3.98. The molecule has 1 saturated heterocycles. The number of amides is 1. The molecule has 1 amide bonds. The molecule has 1 aromatic carbocycles. The van der Waals surface area contributed by atoms with Gasteiger partial charge in [-0.05, 0) is 48.7 Å². The number of hydrogen-bond acceptors (Lipinski definition) is 2. The van der Waals surface area contributed by atoms with E-state index < -0.39 is 0 Å². The van der Waals surface area contributed by atoms with Gasteiger partial charge in [0.25, 0.3) is 0 Å². The van der Waals surface area contributed by atoms with Crippen molar-refractivity contribution in [3.63, 3.8) is 0 Å². The number of nitrogens with one attached hydrogen (secondary N) is 1. The zero-order valence-electron chi connectivity index (χ0n) is 15.2. The van der Waals surface area contributed by atoms with E-state index in [9.17, 15) is 4.79 Å². The van der Waals surface area contributed by atoms with E-state index in [4.69, 9.17) is 0 Å². The minimum Gasteiger partial charge on any atom is -0.338 e. The summed E-state index contributed by atoms with van der Waals surface area (Å²) in [5.41, 5.74) is 1.67. The van der Waals surface area contributed by atoms with Crippen LogP contribution in [0, 0.1) is 16.7 Å². The van der Waals surface area contributed by atoms with Gasteiger partial charge >= 0.3 is 0 Å². The van der Waals surface area contributed by atoms with Gasteiger partial charge < -0.3 is 10.2 Å². The fraction of sp³-hybridized carbons (Fsp3) is 0.650. The minimum atomic E-state index is 0. The van der Waals surface area contributed by atoms with E-state index in [1.165, 1.54) is 5.56 Å². The summed E-state index contributed by atoms with van der Waals surface area (Å²) in [4.78, 5) is 15.3. The molecule has 1 atom stereocenters. The molecule has 1 saturated carbocycles. The number of rotatable bonds is 4. The van der Waals surface area contributed by atoms with Gasteiger partial charge in [-0.2, -0.15) is 0 Å². The first-order chi connectivity index (χ1) is 10.9. The van der Waals surface area contributed by atoms with E-state index in [0.717, 1.165) is 45.4 Å². The molecule has 0 bridgehead atoms. The summed E-state index contributed by atoms with van der Waals surface area (Å²) in [7, 11) is 0. The Kier molecular flexibility index (Phi) is 5.98. The van der Waals surface area contributed by atoms with E-state index in [1.54, 1.807) is 0 Å². The molecule has 1 heterocycles. The molecule has 1 spiro atoms. The van der Waals surface area contributed by atoms with Crippen molar-refractivity contribution < 1.29 is 4.79 Å². The predicted molar refractivity (Wildman–Crippen MR) is 101 cm³/mol. The molecule has 4 heteroatoms. The predicted octanol–water partition coefficient (Wildman–Crippen LogP) is 3.87. The molecule has 24 heavy (non-hydrogen) atoms. The molecule has 3 nitrogen and oxygen atoms in total. The van der Waals surface area contributed by atoms with Crippen LogP contribution in [-0.4, -0.2) is 30.4 Å². The maximum absolute atomic E-state index is 13.2. The maximum Gasteiger partial charge on any atom is 0.226 e. The topological polar surface area (TPSA) is 32.3 Å². The fourth-order valence-electron chi connectivity index (χ4n) is 3.98. The molecule has 0 radical (unpaired) electrons. The number of halogens is 1. The Labute approximate surface area is 152 Å². The van der Waals surface area contributed by atoms with Gasteiger partial charge in [0.2, 0.25) is 5.91 Å². The second-order valence-electron chi connectivity index (χ2n) is 8.61. The van der Waals surface area contributed by atoms with Crippen LogP contribution in [0.15, 0.2) is 30.3 Å². The smallest absolute Gasteiger partial charge is 0.226 e. The Hall–Kier alpha value is -1.06. The summed E-state index contributed by atoms with van der Waals surface area (Å²) >= 11 is 0. The van der Waals surface area contributed by atoms with E-state index in [1.807, 2.05) is 6.07 Å². The average molecular weight is 351 g/mol. The van der Waals surface area contributed by atoms with Crippen LogP contribution in [0.25, 0.3) is 0 Å². The van der Waals surface area contributed by atoms with Crippen molar-refractivity contribution in [2.75, 3.05) is 19.6 Å². The van der Waals surface area contributed by atoms with Crippen molar-refractivity contribution in [1.29, 1.82) is 0 Å². The van der Waals surface area contributed by atoms with E-state index in [-0.39, 0.29) is 23.7 Å². The van der Waals surface area contributed by atoms with Crippen LogP contribution in [0.4, 0.5) is 0 Å². The van der Waals surface area contributed by atoms with Crippen molar-refractivity contribution in [3.8, 4) is 0 Å². The monoisotopic (exact) mass is 350 g/mol. The van der Waals surface area contributed by atoms with Crippen LogP contribution >= 0.6 is 12.4 Å². The quantitative estimate of drug-likeness (QED) is 0.893. The van der Waals surface area contributed by atoms with Crippen molar-refractivity contribution in [1.82, 2.24) is 10.2 Å². The molecule has 2 aliphatic rings. The average Bonchev–Trinajstić information content (AvgIpc) is 3.19. The molecule has 1 N–H and O–H groups in total. The third-order valence-electron chi connectivity index (χ3n) is 5.28. The van der Waals surface area contributed by atoms with Crippen molar-refractivity contribution >= 4 is 18.3 Å². The Balaban J connectivity index is 0.00000208.